The standard InChI is InChI=1S/C27H33N3O5/c1-3-10-30-25(19-8-9-22-23(17-19)35-18-34-22)24(20-6-4-5-7-21(20)26(30)31)27(32)29-13-11-28(12-14-29)15-16-33-2/h4-9,17,24-25H,3,10-16,18H2,1-2H3/t24-,25-/m1/s1. The second-order valence-corrected chi connectivity index (χ2v) is 9.28. The fraction of sp³-hybridized carbons (Fsp3) is 0.481. The molecule has 35 heavy (non-hydrogen) atoms. The Balaban J connectivity index is 1.52. The Kier molecular flexibility index (Phi) is 6.92. The van der Waals surface area contributed by atoms with E-state index in [1.165, 1.54) is 0 Å². The Morgan fingerprint density at radius 2 is 1.80 bits per heavy atom. The molecule has 0 saturated carbocycles. The molecule has 0 spiro atoms. The van der Waals surface area contributed by atoms with Gasteiger partial charge in [-0.05, 0) is 35.7 Å². The van der Waals surface area contributed by atoms with Gasteiger partial charge < -0.3 is 24.0 Å². The molecule has 0 unspecified atom stereocenters. The van der Waals surface area contributed by atoms with Crippen LogP contribution in [0.2, 0.25) is 0 Å². The van der Waals surface area contributed by atoms with E-state index >= 15 is 0 Å². The molecule has 3 heterocycles. The second-order valence-electron chi connectivity index (χ2n) is 9.28. The first-order valence-corrected chi connectivity index (χ1v) is 12.4. The van der Waals surface area contributed by atoms with Crippen LogP contribution in [-0.2, 0) is 9.53 Å². The smallest absolute Gasteiger partial charge is 0.254 e. The summed E-state index contributed by atoms with van der Waals surface area (Å²) >= 11 is 0. The maximum Gasteiger partial charge on any atom is 0.254 e. The Morgan fingerprint density at radius 3 is 2.57 bits per heavy atom. The van der Waals surface area contributed by atoms with E-state index in [1.807, 2.05) is 52.3 Å². The topological polar surface area (TPSA) is 71.6 Å². The van der Waals surface area contributed by atoms with Crippen molar-refractivity contribution < 1.29 is 23.8 Å². The fourth-order valence-corrected chi connectivity index (χ4v) is 5.42. The summed E-state index contributed by atoms with van der Waals surface area (Å²) in [5.74, 6) is 0.900. The second kappa shape index (κ2) is 10.3. The highest BCUT2D eigenvalue weighted by molar-refractivity contribution is 6.01. The number of carbonyl (C=O) groups excluding carboxylic acids is 2. The first kappa shape index (κ1) is 23.6. The Morgan fingerprint density at radius 1 is 1.03 bits per heavy atom. The summed E-state index contributed by atoms with van der Waals surface area (Å²) in [4.78, 5) is 34.0. The van der Waals surface area contributed by atoms with Gasteiger partial charge in [-0.25, -0.2) is 0 Å². The summed E-state index contributed by atoms with van der Waals surface area (Å²) in [6, 6.07) is 12.9. The van der Waals surface area contributed by atoms with Crippen LogP contribution in [0.15, 0.2) is 42.5 Å². The van der Waals surface area contributed by atoms with Gasteiger partial charge in [-0.2, -0.15) is 0 Å². The number of nitrogens with zero attached hydrogens (tertiary/aromatic N) is 3. The SMILES string of the molecule is CCCN1C(=O)c2ccccc2[C@@H](C(=O)N2CCN(CCOC)CC2)[C@H]1c1ccc2c(c1)OCO2. The van der Waals surface area contributed by atoms with Gasteiger partial charge >= 0.3 is 0 Å². The van der Waals surface area contributed by atoms with Crippen LogP contribution < -0.4 is 9.47 Å². The molecule has 186 valence electrons. The molecule has 2 atom stereocenters. The molecule has 1 saturated heterocycles. The minimum absolute atomic E-state index is 0.0291. The number of hydrogen-bond donors (Lipinski definition) is 0. The predicted octanol–water partition coefficient (Wildman–Crippen LogP) is 2.90. The highest BCUT2D eigenvalue weighted by Gasteiger charge is 2.45. The fourth-order valence-electron chi connectivity index (χ4n) is 5.42. The summed E-state index contributed by atoms with van der Waals surface area (Å²) in [6.07, 6.45) is 0.800. The third kappa shape index (κ3) is 4.48. The molecule has 1 fully saturated rings. The molecule has 8 heteroatoms. The van der Waals surface area contributed by atoms with Crippen LogP contribution in [0.1, 0.15) is 46.8 Å². The van der Waals surface area contributed by atoms with Crippen molar-refractivity contribution in [2.75, 3.05) is 59.8 Å². The van der Waals surface area contributed by atoms with Crippen molar-refractivity contribution in [1.82, 2.24) is 14.7 Å². The van der Waals surface area contributed by atoms with E-state index in [0.717, 1.165) is 37.2 Å². The van der Waals surface area contributed by atoms with Crippen LogP contribution >= 0.6 is 0 Å². The molecule has 5 rings (SSSR count). The molecule has 0 aliphatic carbocycles. The highest BCUT2D eigenvalue weighted by Crippen LogP contribution is 2.46. The Bertz CT molecular complexity index is 1080. The van der Waals surface area contributed by atoms with Gasteiger partial charge in [0.05, 0.1) is 18.6 Å². The maximum atomic E-state index is 14.2. The minimum Gasteiger partial charge on any atom is -0.454 e. The van der Waals surface area contributed by atoms with Crippen molar-refractivity contribution in [2.45, 2.75) is 25.3 Å². The molecule has 8 nitrogen and oxygen atoms in total. The first-order valence-electron chi connectivity index (χ1n) is 12.4. The number of benzene rings is 2. The van der Waals surface area contributed by atoms with Crippen molar-refractivity contribution in [3.8, 4) is 11.5 Å². The zero-order valence-corrected chi connectivity index (χ0v) is 20.4. The summed E-state index contributed by atoms with van der Waals surface area (Å²) in [6.45, 7) is 7.31. The lowest BCUT2D eigenvalue weighted by molar-refractivity contribution is -0.136. The number of fused-ring (bicyclic) bond motifs is 2. The third-order valence-electron chi connectivity index (χ3n) is 7.20. The Labute approximate surface area is 206 Å². The molecule has 2 amide bonds. The van der Waals surface area contributed by atoms with Crippen molar-refractivity contribution >= 4 is 11.8 Å². The lowest BCUT2D eigenvalue weighted by Gasteiger charge is -2.44. The van der Waals surface area contributed by atoms with Crippen LogP contribution in [0.3, 0.4) is 0 Å². The van der Waals surface area contributed by atoms with Crippen molar-refractivity contribution in [2.24, 2.45) is 0 Å². The molecule has 3 aliphatic rings. The van der Waals surface area contributed by atoms with E-state index in [4.69, 9.17) is 14.2 Å². The molecule has 0 N–H and O–H groups in total. The highest BCUT2D eigenvalue weighted by atomic mass is 16.7. The third-order valence-corrected chi connectivity index (χ3v) is 7.20. The number of amides is 2. The number of methoxy groups -OCH3 is 1. The molecule has 3 aliphatic heterocycles. The summed E-state index contributed by atoms with van der Waals surface area (Å²) < 4.78 is 16.4. The maximum absolute atomic E-state index is 14.2. The average Bonchev–Trinajstić information content (AvgIpc) is 3.37. The molecular weight excluding hydrogens is 446 g/mol. The van der Waals surface area contributed by atoms with Crippen LogP contribution in [0, 0.1) is 0 Å². The summed E-state index contributed by atoms with van der Waals surface area (Å²) in [5.41, 5.74) is 2.32. The average molecular weight is 480 g/mol. The zero-order valence-electron chi connectivity index (χ0n) is 20.4. The normalized spacial score (nSPS) is 21.8. The largest absolute Gasteiger partial charge is 0.454 e. The quantitative estimate of drug-likeness (QED) is 0.608. The Hall–Kier alpha value is -3.10. The number of hydrogen-bond acceptors (Lipinski definition) is 6. The molecule has 2 aromatic rings. The van der Waals surface area contributed by atoms with Gasteiger partial charge in [0.2, 0.25) is 12.7 Å². The van der Waals surface area contributed by atoms with Crippen LogP contribution in [0.4, 0.5) is 0 Å². The van der Waals surface area contributed by atoms with Gasteiger partial charge in [0.25, 0.3) is 5.91 Å². The van der Waals surface area contributed by atoms with Crippen molar-refractivity contribution in [1.29, 1.82) is 0 Å². The van der Waals surface area contributed by atoms with Gasteiger partial charge in [0.15, 0.2) is 11.5 Å². The summed E-state index contributed by atoms with van der Waals surface area (Å²) in [5, 5.41) is 0. The number of rotatable bonds is 7. The zero-order chi connectivity index (χ0) is 24.4. The van der Waals surface area contributed by atoms with Crippen LogP contribution in [0.5, 0.6) is 11.5 Å². The van der Waals surface area contributed by atoms with Crippen LogP contribution in [-0.4, -0.2) is 86.3 Å². The lowest BCUT2D eigenvalue weighted by Crippen LogP contribution is -2.53. The van der Waals surface area contributed by atoms with Gasteiger partial charge in [0.1, 0.15) is 0 Å². The van der Waals surface area contributed by atoms with E-state index in [-0.39, 0.29) is 18.6 Å². The molecular formula is C27H33N3O5. The van der Waals surface area contributed by atoms with Crippen LogP contribution in [0.25, 0.3) is 0 Å². The minimum atomic E-state index is -0.485. The van der Waals surface area contributed by atoms with Crippen molar-refractivity contribution in [3.63, 3.8) is 0 Å². The first-order chi connectivity index (χ1) is 17.1. The monoisotopic (exact) mass is 479 g/mol. The summed E-state index contributed by atoms with van der Waals surface area (Å²) in [7, 11) is 1.71. The lowest BCUT2D eigenvalue weighted by atomic mass is 9.78. The van der Waals surface area contributed by atoms with Gasteiger partial charge in [0, 0.05) is 51.9 Å². The van der Waals surface area contributed by atoms with E-state index in [0.29, 0.717) is 43.3 Å². The van der Waals surface area contributed by atoms with Crippen molar-refractivity contribution in [3.05, 3.63) is 59.2 Å². The molecule has 0 aromatic heterocycles. The number of ether oxygens (including phenoxy) is 3. The molecule has 0 radical (unpaired) electrons. The van der Waals surface area contributed by atoms with Gasteiger partial charge in [-0.3, -0.25) is 14.5 Å². The molecule has 2 aromatic carbocycles. The van der Waals surface area contributed by atoms with E-state index in [2.05, 4.69) is 11.8 Å². The number of carbonyl (C=O) groups is 2. The van der Waals surface area contributed by atoms with E-state index < -0.39 is 12.0 Å². The van der Waals surface area contributed by atoms with Gasteiger partial charge in [-0.1, -0.05) is 31.2 Å². The number of piperazine rings is 1. The van der Waals surface area contributed by atoms with Gasteiger partial charge in [-0.15, -0.1) is 0 Å². The van der Waals surface area contributed by atoms with E-state index in [9.17, 15) is 9.59 Å². The van der Waals surface area contributed by atoms with E-state index in [1.54, 1.807) is 7.11 Å². The molecule has 0 bridgehead atoms. The predicted molar refractivity (Wildman–Crippen MR) is 131 cm³/mol.